The predicted molar refractivity (Wildman–Crippen MR) is 72.9 cm³/mol. The second kappa shape index (κ2) is 6.06. The number of hydrogen-bond acceptors (Lipinski definition) is 3. The van der Waals surface area contributed by atoms with Crippen molar-refractivity contribution < 1.29 is 14.6 Å². The molecular weight excluding hydrogens is 242 g/mol. The van der Waals surface area contributed by atoms with E-state index >= 15 is 0 Å². The Morgan fingerprint density at radius 1 is 1.47 bits per heavy atom. The van der Waals surface area contributed by atoms with Crippen molar-refractivity contribution in [3.05, 3.63) is 35.4 Å². The molecule has 104 valence electrons. The fourth-order valence-corrected chi connectivity index (χ4v) is 2.06. The van der Waals surface area contributed by atoms with E-state index in [1.54, 1.807) is 0 Å². The third-order valence-electron chi connectivity index (χ3n) is 3.42. The van der Waals surface area contributed by atoms with Crippen molar-refractivity contribution in [1.82, 2.24) is 5.32 Å². The van der Waals surface area contributed by atoms with Crippen molar-refractivity contribution in [3.63, 3.8) is 0 Å². The van der Waals surface area contributed by atoms with E-state index in [1.807, 2.05) is 38.1 Å². The summed E-state index contributed by atoms with van der Waals surface area (Å²) < 4.78 is 5.32. The van der Waals surface area contributed by atoms with Crippen molar-refractivity contribution in [2.24, 2.45) is 0 Å². The summed E-state index contributed by atoms with van der Waals surface area (Å²) in [6.07, 6.45) is 0.893. The van der Waals surface area contributed by atoms with Crippen LogP contribution in [0.25, 0.3) is 0 Å². The maximum Gasteiger partial charge on any atom is 0.407 e. The van der Waals surface area contributed by atoms with Crippen LogP contribution < -0.4 is 5.32 Å². The Hall–Kier alpha value is -1.55. The van der Waals surface area contributed by atoms with Gasteiger partial charge in [0.15, 0.2) is 0 Å². The number of benzene rings is 1. The highest BCUT2D eigenvalue weighted by atomic mass is 16.6. The molecule has 0 bridgehead atoms. The largest absolute Gasteiger partial charge is 0.443 e. The molecule has 4 nitrogen and oxygen atoms in total. The maximum atomic E-state index is 11.6. The minimum Gasteiger partial charge on any atom is -0.443 e. The molecule has 1 aromatic rings. The molecule has 0 spiro atoms. The number of nitrogens with one attached hydrogen (secondary N) is 1. The van der Waals surface area contributed by atoms with Gasteiger partial charge in [0, 0.05) is 6.04 Å². The number of rotatable bonds is 5. The zero-order valence-electron chi connectivity index (χ0n) is 11.4. The molecule has 0 saturated heterocycles. The van der Waals surface area contributed by atoms with Gasteiger partial charge in [-0.3, -0.25) is 0 Å². The molecular formula is C15H21NO3. The topological polar surface area (TPSA) is 58.6 Å². The molecule has 2 unspecified atom stereocenters. The van der Waals surface area contributed by atoms with Crippen LogP contribution >= 0.6 is 0 Å². The second-order valence-corrected chi connectivity index (χ2v) is 5.07. The predicted octanol–water partition coefficient (Wildman–Crippen LogP) is 2.70. The summed E-state index contributed by atoms with van der Waals surface area (Å²) >= 11 is 0. The molecule has 1 aliphatic carbocycles. The number of carbonyl (C=O) groups excluding carboxylic acids is 1. The van der Waals surface area contributed by atoms with E-state index in [9.17, 15) is 9.90 Å². The standard InChI is InChI=1S/C15H21NO3/c1-3-13(19-15(18)16-11-8-9-11)14(17)12-7-5-4-6-10(12)2/h4-7,11,13-14,17H,3,8-9H2,1-2H3,(H,16,18). The van der Waals surface area contributed by atoms with Crippen molar-refractivity contribution in [2.75, 3.05) is 0 Å². The minimum atomic E-state index is -0.781. The molecule has 0 aliphatic heterocycles. The first-order valence-corrected chi connectivity index (χ1v) is 6.82. The summed E-state index contributed by atoms with van der Waals surface area (Å²) in [5.74, 6) is 0. The summed E-state index contributed by atoms with van der Waals surface area (Å²) in [4.78, 5) is 11.6. The summed E-state index contributed by atoms with van der Waals surface area (Å²) in [6.45, 7) is 3.84. The molecule has 19 heavy (non-hydrogen) atoms. The van der Waals surface area contributed by atoms with E-state index in [2.05, 4.69) is 5.32 Å². The lowest BCUT2D eigenvalue weighted by Crippen LogP contribution is -2.33. The lowest BCUT2D eigenvalue weighted by Gasteiger charge is -2.23. The summed E-state index contributed by atoms with van der Waals surface area (Å²) in [5.41, 5.74) is 1.81. The number of aliphatic hydroxyl groups excluding tert-OH is 1. The Balaban J connectivity index is 1.99. The third kappa shape index (κ3) is 3.70. The van der Waals surface area contributed by atoms with Gasteiger partial charge in [0.05, 0.1) is 0 Å². The van der Waals surface area contributed by atoms with E-state index in [0.717, 1.165) is 24.0 Å². The molecule has 1 saturated carbocycles. The number of alkyl carbamates (subject to hydrolysis) is 1. The normalized spacial score (nSPS) is 17.6. The molecule has 4 heteroatoms. The Labute approximate surface area is 113 Å². The fourth-order valence-electron chi connectivity index (χ4n) is 2.06. The van der Waals surface area contributed by atoms with Crippen LogP contribution in [0.4, 0.5) is 4.79 Å². The first-order valence-electron chi connectivity index (χ1n) is 6.82. The molecule has 1 amide bonds. The van der Waals surface area contributed by atoms with Crippen LogP contribution in [-0.2, 0) is 4.74 Å². The van der Waals surface area contributed by atoms with E-state index in [-0.39, 0.29) is 6.04 Å². The molecule has 1 aliphatic rings. The van der Waals surface area contributed by atoms with Crippen LogP contribution in [0, 0.1) is 6.92 Å². The van der Waals surface area contributed by atoms with E-state index in [4.69, 9.17) is 4.74 Å². The Morgan fingerprint density at radius 3 is 2.74 bits per heavy atom. The van der Waals surface area contributed by atoms with E-state index in [1.165, 1.54) is 0 Å². The van der Waals surface area contributed by atoms with Gasteiger partial charge in [0.1, 0.15) is 12.2 Å². The van der Waals surface area contributed by atoms with E-state index in [0.29, 0.717) is 6.42 Å². The number of aliphatic hydroxyl groups is 1. The zero-order valence-corrected chi connectivity index (χ0v) is 11.4. The first kappa shape index (κ1) is 13.9. The van der Waals surface area contributed by atoms with Crippen LogP contribution in [-0.4, -0.2) is 23.3 Å². The molecule has 0 heterocycles. The Morgan fingerprint density at radius 2 is 2.16 bits per heavy atom. The van der Waals surface area contributed by atoms with Crippen LogP contribution in [0.5, 0.6) is 0 Å². The Bertz CT molecular complexity index is 443. The number of carbonyl (C=O) groups is 1. The molecule has 2 rings (SSSR count). The van der Waals surface area contributed by atoms with Gasteiger partial charge in [-0.05, 0) is 37.3 Å². The maximum absolute atomic E-state index is 11.6. The second-order valence-electron chi connectivity index (χ2n) is 5.07. The highest BCUT2D eigenvalue weighted by Gasteiger charge is 2.28. The average Bonchev–Trinajstić information content (AvgIpc) is 3.19. The van der Waals surface area contributed by atoms with Crippen molar-refractivity contribution in [3.8, 4) is 0 Å². The number of aryl methyl sites for hydroxylation is 1. The highest BCUT2D eigenvalue weighted by Crippen LogP contribution is 2.25. The summed E-state index contributed by atoms with van der Waals surface area (Å²) in [7, 11) is 0. The lowest BCUT2D eigenvalue weighted by molar-refractivity contribution is -0.000739. The lowest BCUT2D eigenvalue weighted by atomic mass is 9.98. The van der Waals surface area contributed by atoms with Crippen LogP contribution in [0.3, 0.4) is 0 Å². The van der Waals surface area contributed by atoms with Gasteiger partial charge in [-0.25, -0.2) is 4.79 Å². The Kier molecular flexibility index (Phi) is 4.43. The highest BCUT2D eigenvalue weighted by molar-refractivity contribution is 5.68. The SMILES string of the molecule is CCC(OC(=O)NC1CC1)C(O)c1ccccc1C. The smallest absolute Gasteiger partial charge is 0.407 e. The van der Waals surface area contributed by atoms with Crippen molar-refractivity contribution >= 4 is 6.09 Å². The van der Waals surface area contributed by atoms with Gasteiger partial charge >= 0.3 is 6.09 Å². The molecule has 1 aromatic carbocycles. The van der Waals surface area contributed by atoms with Gasteiger partial charge in [-0.2, -0.15) is 0 Å². The van der Waals surface area contributed by atoms with Gasteiger partial charge in [-0.15, -0.1) is 0 Å². The minimum absolute atomic E-state index is 0.264. The molecule has 1 fully saturated rings. The van der Waals surface area contributed by atoms with Crippen LogP contribution in [0.15, 0.2) is 24.3 Å². The van der Waals surface area contributed by atoms with Gasteiger partial charge < -0.3 is 15.2 Å². The van der Waals surface area contributed by atoms with Crippen molar-refractivity contribution in [1.29, 1.82) is 0 Å². The first-order chi connectivity index (χ1) is 9.11. The molecule has 2 N–H and O–H groups in total. The van der Waals surface area contributed by atoms with Crippen LogP contribution in [0.2, 0.25) is 0 Å². The average molecular weight is 263 g/mol. The molecule has 2 atom stereocenters. The number of amides is 1. The van der Waals surface area contributed by atoms with Gasteiger partial charge in [0.2, 0.25) is 0 Å². The van der Waals surface area contributed by atoms with E-state index < -0.39 is 18.3 Å². The molecule has 0 aromatic heterocycles. The molecule has 0 radical (unpaired) electrons. The monoisotopic (exact) mass is 263 g/mol. The number of hydrogen-bond donors (Lipinski definition) is 2. The quantitative estimate of drug-likeness (QED) is 0.858. The third-order valence-corrected chi connectivity index (χ3v) is 3.42. The fraction of sp³-hybridized carbons (Fsp3) is 0.533. The zero-order chi connectivity index (χ0) is 13.8. The van der Waals surface area contributed by atoms with Gasteiger partial charge in [0.25, 0.3) is 0 Å². The van der Waals surface area contributed by atoms with Crippen LogP contribution in [0.1, 0.15) is 43.4 Å². The van der Waals surface area contributed by atoms with Gasteiger partial charge in [-0.1, -0.05) is 31.2 Å². The summed E-state index contributed by atoms with van der Waals surface area (Å²) in [5, 5.41) is 13.1. The summed E-state index contributed by atoms with van der Waals surface area (Å²) in [6, 6.07) is 7.87. The number of ether oxygens (including phenoxy) is 1. The van der Waals surface area contributed by atoms with Crippen molar-refractivity contribution in [2.45, 2.75) is 51.4 Å².